The average Bonchev–Trinajstić information content (AvgIpc) is 2.93. The zero-order valence-corrected chi connectivity index (χ0v) is 15.3. The summed E-state index contributed by atoms with van der Waals surface area (Å²) in [6, 6.07) is 10.8. The molecular formula is C20H15ClN2O5. The molecule has 1 saturated heterocycles. The number of nitro benzene ring substituents is 1. The molecule has 1 fully saturated rings. The van der Waals surface area contributed by atoms with Crippen LogP contribution in [0.25, 0.3) is 5.76 Å². The normalized spacial score (nSPS) is 18.3. The molecule has 1 aliphatic heterocycles. The first kappa shape index (κ1) is 19.3. The maximum absolute atomic E-state index is 12.7. The fraction of sp³-hybridized carbons (Fsp3) is 0.100. The largest absolute Gasteiger partial charge is 0.507 e. The maximum atomic E-state index is 12.7. The standard InChI is InChI=1S/C20H15ClN2O5/c1-2-11-22-17(12-5-9-15(10-6-12)23(27)28)16(19(25)20(22)26)18(24)13-3-7-14(21)8-4-13/h2-10,17,24H,1,11H2/b18-16+/t17-/m0/s1. The van der Waals surface area contributed by atoms with Gasteiger partial charge < -0.3 is 10.0 Å². The minimum atomic E-state index is -0.894. The van der Waals surface area contributed by atoms with E-state index in [0.717, 1.165) is 0 Å². The van der Waals surface area contributed by atoms with Crippen LogP contribution >= 0.6 is 11.6 Å². The molecule has 0 unspecified atom stereocenters. The number of hydrogen-bond acceptors (Lipinski definition) is 5. The summed E-state index contributed by atoms with van der Waals surface area (Å²) in [5, 5.41) is 22.1. The van der Waals surface area contributed by atoms with Gasteiger partial charge in [-0.25, -0.2) is 0 Å². The van der Waals surface area contributed by atoms with Crippen LogP contribution in [0.2, 0.25) is 5.02 Å². The smallest absolute Gasteiger partial charge is 0.295 e. The van der Waals surface area contributed by atoms with Crippen molar-refractivity contribution < 1.29 is 19.6 Å². The summed E-state index contributed by atoms with van der Waals surface area (Å²) in [7, 11) is 0. The fourth-order valence-corrected chi connectivity index (χ4v) is 3.22. The molecule has 142 valence electrons. The first-order valence-corrected chi connectivity index (χ1v) is 8.62. The Bertz CT molecular complexity index is 996. The van der Waals surface area contributed by atoms with Gasteiger partial charge in [0.25, 0.3) is 17.4 Å². The summed E-state index contributed by atoms with van der Waals surface area (Å²) in [5.41, 5.74) is 0.570. The molecule has 8 heteroatoms. The molecule has 2 aromatic rings. The van der Waals surface area contributed by atoms with E-state index in [2.05, 4.69) is 6.58 Å². The zero-order chi connectivity index (χ0) is 20.4. The number of ketones is 1. The van der Waals surface area contributed by atoms with Crippen LogP contribution in [-0.2, 0) is 9.59 Å². The minimum absolute atomic E-state index is 0.0730. The van der Waals surface area contributed by atoms with Crippen molar-refractivity contribution in [2.75, 3.05) is 6.54 Å². The predicted octanol–water partition coefficient (Wildman–Crippen LogP) is 3.86. The van der Waals surface area contributed by atoms with Gasteiger partial charge in [-0.05, 0) is 42.0 Å². The summed E-state index contributed by atoms with van der Waals surface area (Å²) < 4.78 is 0. The van der Waals surface area contributed by atoms with Crippen LogP contribution in [0.1, 0.15) is 17.2 Å². The molecule has 7 nitrogen and oxygen atoms in total. The van der Waals surface area contributed by atoms with Gasteiger partial charge in [-0.1, -0.05) is 17.7 Å². The van der Waals surface area contributed by atoms with Gasteiger partial charge in [0, 0.05) is 29.3 Å². The molecule has 0 bridgehead atoms. The van der Waals surface area contributed by atoms with E-state index in [1.807, 2.05) is 0 Å². The van der Waals surface area contributed by atoms with Crippen LogP contribution < -0.4 is 0 Å². The molecule has 28 heavy (non-hydrogen) atoms. The van der Waals surface area contributed by atoms with Crippen molar-refractivity contribution in [3.05, 3.63) is 93.0 Å². The van der Waals surface area contributed by atoms with Crippen LogP contribution in [0.3, 0.4) is 0 Å². The van der Waals surface area contributed by atoms with Gasteiger partial charge in [-0.15, -0.1) is 6.58 Å². The molecule has 1 N–H and O–H groups in total. The fourth-order valence-electron chi connectivity index (χ4n) is 3.10. The SMILES string of the molecule is C=CCN1C(=O)C(=O)/C(=C(/O)c2ccc(Cl)cc2)[C@@H]1c1ccc([N+](=O)[O-])cc1. The highest BCUT2D eigenvalue weighted by atomic mass is 35.5. The first-order chi connectivity index (χ1) is 13.3. The van der Waals surface area contributed by atoms with E-state index < -0.39 is 22.7 Å². The van der Waals surface area contributed by atoms with E-state index >= 15 is 0 Å². The molecule has 0 aromatic heterocycles. The van der Waals surface area contributed by atoms with Gasteiger partial charge in [0.1, 0.15) is 5.76 Å². The molecule has 3 rings (SSSR count). The Labute approximate surface area is 165 Å². The molecule has 0 saturated carbocycles. The van der Waals surface area contributed by atoms with Gasteiger partial charge >= 0.3 is 0 Å². The van der Waals surface area contributed by atoms with Gasteiger partial charge in [0.2, 0.25) is 0 Å². The molecule has 1 aliphatic rings. The Morgan fingerprint density at radius 1 is 1.18 bits per heavy atom. The number of likely N-dealkylation sites (tertiary alicyclic amines) is 1. The number of nitrogens with zero attached hydrogens (tertiary/aromatic N) is 2. The number of carbonyl (C=O) groups is 2. The molecule has 1 atom stereocenters. The molecular weight excluding hydrogens is 384 g/mol. The second kappa shape index (κ2) is 7.66. The molecule has 0 spiro atoms. The highest BCUT2D eigenvalue weighted by Gasteiger charge is 2.45. The van der Waals surface area contributed by atoms with Gasteiger partial charge in [-0.3, -0.25) is 19.7 Å². The van der Waals surface area contributed by atoms with Crippen LogP contribution in [0.4, 0.5) is 5.69 Å². The Balaban J connectivity index is 2.17. The van der Waals surface area contributed by atoms with E-state index in [9.17, 15) is 24.8 Å². The summed E-state index contributed by atoms with van der Waals surface area (Å²) in [4.78, 5) is 36.8. The van der Waals surface area contributed by atoms with Crippen molar-refractivity contribution in [2.24, 2.45) is 0 Å². The molecule has 1 amide bonds. The first-order valence-electron chi connectivity index (χ1n) is 8.24. The minimum Gasteiger partial charge on any atom is -0.507 e. The Hall–Kier alpha value is -3.45. The number of amides is 1. The number of aliphatic hydroxyl groups is 1. The second-order valence-electron chi connectivity index (χ2n) is 6.10. The van der Waals surface area contributed by atoms with Crippen LogP contribution in [0.5, 0.6) is 0 Å². The lowest BCUT2D eigenvalue weighted by Crippen LogP contribution is -2.29. The average molecular weight is 399 g/mol. The van der Waals surface area contributed by atoms with Gasteiger partial charge in [-0.2, -0.15) is 0 Å². The number of aliphatic hydroxyl groups excluding tert-OH is 1. The lowest BCUT2D eigenvalue weighted by molar-refractivity contribution is -0.384. The Morgan fingerprint density at radius 2 is 1.79 bits per heavy atom. The number of hydrogen-bond donors (Lipinski definition) is 1. The van der Waals surface area contributed by atoms with Crippen LogP contribution in [0, 0.1) is 10.1 Å². The molecule has 1 heterocycles. The van der Waals surface area contributed by atoms with Crippen molar-refractivity contribution in [1.29, 1.82) is 0 Å². The quantitative estimate of drug-likeness (QED) is 0.206. The number of halogens is 1. The van der Waals surface area contributed by atoms with Crippen LogP contribution in [0.15, 0.2) is 66.8 Å². The third-order valence-corrected chi connectivity index (χ3v) is 4.66. The Morgan fingerprint density at radius 3 is 2.32 bits per heavy atom. The van der Waals surface area contributed by atoms with Gasteiger partial charge in [0.15, 0.2) is 0 Å². The number of nitro groups is 1. The highest BCUT2D eigenvalue weighted by molar-refractivity contribution is 6.46. The second-order valence-corrected chi connectivity index (χ2v) is 6.53. The number of rotatable bonds is 5. The van der Waals surface area contributed by atoms with Crippen LogP contribution in [-0.4, -0.2) is 33.2 Å². The van der Waals surface area contributed by atoms with Crippen molar-refractivity contribution in [3.63, 3.8) is 0 Å². The van der Waals surface area contributed by atoms with E-state index in [1.165, 1.54) is 47.4 Å². The van der Waals surface area contributed by atoms with E-state index in [-0.39, 0.29) is 23.6 Å². The number of carbonyl (C=O) groups excluding carboxylic acids is 2. The maximum Gasteiger partial charge on any atom is 0.295 e. The summed E-state index contributed by atoms with van der Waals surface area (Å²) in [5.74, 6) is -1.96. The lowest BCUT2D eigenvalue weighted by atomic mass is 9.95. The summed E-state index contributed by atoms with van der Waals surface area (Å²) in [6.45, 7) is 3.67. The van der Waals surface area contributed by atoms with E-state index in [4.69, 9.17) is 11.6 Å². The number of benzene rings is 2. The van der Waals surface area contributed by atoms with E-state index in [0.29, 0.717) is 16.1 Å². The monoisotopic (exact) mass is 398 g/mol. The molecule has 2 aromatic carbocycles. The predicted molar refractivity (Wildman–Crippen MR) is 104 cm³/mol. The number of non-ortho nitro benzene ring substituents is 1. The van der Waals surface area contributed by atoms with Crippen molar-refractivity contribution >= 4 is 34.7 Å². The topological polar surface area (TPSA) is 101 Å². The lowest BCUT2D eigenvalue weighted by Gasteiger charge is -2.24. The van der Waals surface area contributed by atoms with Crippen molar-refractivity contribution in [1.82, 2.24) is 4.90 Å². The molecule has 0 radical (unpaired) electrons. The van der Waals surface area contributed by atoms with Gasteiger partial charge in [0.05, 0.1) is 16.5 Å². The number of Topliss-reactive ketones (excluding diaryl/α,β-unsaturated/α-hetero) is 1. The Kier molecular flexibility index (Phi) is 5.28. The summed E-state index contributed by atoms with van der Waals surface area (Å²) >= 11 is 5.86. The summed E-state index contributed by atoms with van der Waals surface area (Å²) in [6.07, 6.45) is 1.46. The zero-order valence-electron chi connectivity index (χ0n) is 14.5. The highest BCUT2D eigenvalue weighted by Crippen LogP contribution is 2.39. The third-order valence-electron chi connectivity index (χ3n) is 4.40. The third kappa shape index (κ3) is 3.39. The van der Waals surface area contributed by atoms with Crippen molar-refractivity contribution in [3.8, 4) is 0 Å². The van der Waals surface area contributed by atoms with Crippen molar-refractivity contribution in [2.45, 2.75) is 6.04 Å². The molecule has 0 aliphatic carbocycles. The van der Waals surface area contributed by atoms with E-state index in [1.54, 1.807) is 12.1 Å².